The molecule has 0 bridgehead atoms. The molecular formula is C51H31N3OS. The highest BCUT2D eigenvalue weighted by molar-refractivity contribution is 7.26. The highest BCUT2D eigenvalue weighted by atomic mass is 32.1. The van der Waals surface area contributed by atoms with Gasteiger partial charge < -0.3 is 4.42 Å². The SMILES string of the molecule is c1ccc(-c2nc(-c3ccc4c(c3)oc3ccccc34)nc(-c3cccc4sc5ccc(-c6cccc(-c7ccccc7-c7ccccc7)c6)cc5c34)n2)cc1. The molecule has 56 heavy (non-hydrogen) atoms. The first-order valence-electron chi connectivity index (χ1n) is 18.7. The molecule has 0 saturated heterocycles. The van der Waals surface area contributed by atoms with Crippen molar-refractivity contribution in [1.29, 1.82) is 0 Å². The Bertz CT molecular complexity index is 3260. The third-order valence-electron chi connectivity index (χ3n) is 10.6. The highest BCUT2D eigenvalue weighted by Gasteiger charge is 2.19. The standard InChI is InChI=1S/C51H31N3OS/c1-3-13-32(14-4-1)38-19-7-8-20-39(38)36-18-11-17-34(29-36)35-26-28-46-43(30-35)48-42(22-12-24-47(48)56-46)51-53-49(33-15-5-2-6-16-33)52-50(54-51)37-25-27-41-40-21-9-10-23-44(40)55-45(41)31-37/h1-31H. The number of thiophene rings is 1. The minimum atomic E-state index is 0.598. The van der Waals surface area contributed by atoms with E-state index >= 15 is 0 Å². The average Bonchev–Trinajstić information content (AvgIpc) is 3.85. The minimum Gasteiger partial charge on any atom is -0.456 e. The molecule has 0 aliphatic carbocycles. The summed E-state index contributed by atoms with van der Waals surface area (Å²) < 4.78 is 8.68. The zero-order chi connectivity index (χ0) is 37.0. The number of aromatic nitrogens is 3. The van der Waals surface area contributed by atoms with Crippen LogP contribution >= 0.6 is 11.3 Å². The van der Waals surface area contributed by atoms with Crippen LogP contribution in [0.5, 0.6) is 0 Å². The van der Waals surface area contributed by atoms with E-state index in [9.17, 15) is 0 Å². The average molecular weight is 734 g/mol. The van der Waals surface area contributed by atoms with E-state index in [1.165, 1.54) is 42.6 Å². The first kappa shape index (κ1) is 32.2. The highest BCUT2D eigenvalue weighted by Crippen LogP contribution is 2.42. The summed E-state index contributed by atoms with van der Waals surface area (Å²) in [6.45, 7) is 0. The second-order valence-corrected chi connectivity index (χ2v) is 15.0. The van der Waals surface area contributed by atoms with Gasteiger partial charge in [-0.05, 0) is 75.8 Å². The second-order valence-electron chi connectivity index (χ2n) is 14.0. The number of hydrogen-bond donors (Lipinski definition) is 0. The van der Waals surface area contributed by atoms with Gasteiger partial charge in [0.2, 0.25) is 0 Å². The summed E-state index contributed by atoms with van der Waals surface area (Å²) in [6.07, 6.45) is 0. The maximum absolute atomic E-state index is 6.28. The van der Waals surface area contributed by atoms with Crippen molar-refractivity contribution in [3.05, 3.63) is 188 Å². The molecule has 8 aromatic carbocycles. The molecular weight excluding hydrogens is 703 g/mol. The lowest BCUT2D eigenvalue weighted by Crippen LogP contribution is -2.00. The van der Waals surface area contributed by atoms with Crippen molar-refractivity contribution in [1.82, 2.24) is 15.0 Å². The van der Waals surface area contributed by atoms with Crippen molar-refractivity contribution in [3.8, 4) is 67.5 Å². The fourth-order valence-electron chi connectivity index (χ4n) is 7.87. The van der Waals surface area contributed by atoms with Crippen LogP contribution in [0.2, 0.25) is 0 Å². The Morgan fingerprint density at radius 3 is 1.75 bits per heavy atom. The summed E-state index contributed by atoms with van der Waals surface area (Å²) >= 11 is 1.79. The van der Waals surface area contributed by atoms with Gasteiger partial charge in [0.1, 0.15) is 11.2 Å². The lowest BCUT2D eigenvalue weighted by molar-refractivity contribution is 0.669. The zero-order valence-corrected chi connectivity index (χ0v) is 30.9. The maximum Gasteiger partial charge on any atom is 0.164 e. The molecule has 0 amide bonds. The number of benzene rings is 8. The summed E-state index contributed by atoms with van der Waals surface area (Å²) in [6, 6.07) is 65.9. The van der Waals surface area contributed by atoms with Gasteiger partial charge in [0.25, 0.3) is 0 Å². The molecule has 3 aromatic heterocycles. The molecule has 0 spiro atoms. The van der Waals surface area contributed by atoms with Crippen LogP contribution in [-0.2, 0) is 0 Å². The number of rotatable bonds is 6. The third-order valence-corrected chi connectivity index (χ3v) is 11.7. The van der Waals surface area contributed by atoms with Crippen LogP contribution < -0.4 is 0 Å². The number of furan rings is 1. The molecule has 11 rings (SSSR count). The maximum atomic E-state index is 6.28. The molecule has 0 saturated carbocycles. The molecule has 0 N–H and O–H groups in total. The molecule has 0 aliphatic heterocycles. The van der Waals surface area contributed by atoms with Crippen LogP contribution in [0.1, 0.15) is 0 Å². The Morgan fingerprint density at radius 1 is 0.321 bits per heavy atom. The van der Waals surface area contributed by atoms with Gasteiger partial charge in [-0.15, -0.1) is 11.3 Å². The minimum absolute atomic E-state index is 0.598. The van der Waals surface area contributed by atoms with Crippen LogP contribution in [0.3, 0.4) is 0 Å². The predicted octanol–water partition coefficient (Wildman–Crippen LogP) is 14.1. The molecule has 0 fully saturated rings. The Labute approximate surface area is 327 Å². The van der Waals surface area contributed by atoms with Gasteiger partial charge in [0, 0.05) is 47.6 Å². The van der Waals surface area contributed by atoms with Crippen molar-refractivity contribution in [2.75, 3.05) is 0 Å². The van der Waals surface area contributed by atoms with Crippen LogP contribution in [0.15, 0.2) is 192 Å². The largest absolute Gasteiger partial charge is 0.456 e. The monoisotopic (exact) mass is 733 g/mol. The van der Waals surface area contributed by atoms with Crippen LogP contribution in [0.4, 0.5) is 0 Å². The third kappa shape index (κ3) is 5.56. The van der Waals surface area contributed by atoms with E-state index in [2.05, 4.69) is 133 Å². The van der Waals surface area contributed by atoms with E-state index in [0.717, 1.165) is 49.6 Å². The summed E-state index contributed by atoms with van der Waals surface area (Å²) in [5.41, 5.74) is 11.6. The molecule has 4 nitrogen and oxygen atoms in total. The smallest absolute Gasteiger partial charge is 0.164 e. The van der Waals surface area contributed by atoms with Gasteiger partial charge in [-0.3, -0.25) is 0 Å². The van der Waals surface area contributed by atoms with Crippen LogP contribution in [-0.4, -0.2) is 15.0 Å². The Morgan fingerprint density at radius 2 is 0.911 bits per heavy atom. The number of nitrogens with zero attached hydrogens (tertiary/aromatic N) is 3. The van der Waals surface area contributed by atoms with Crippen molar-refractivity contribution in [3.63, 3.8) is 0 Å². The van der Waals surface area contributed by atoms with Gasteiger partial charge in [-0.2, -0.15) is 0 Å². The molecule has 0 radical (unpaired) electrons. The van der Waals surface area contributed by atoms with E-state index in [1.807, 2.05) is 54.6 Å². The molecule has 5 heteroatoms. The molecule has 3 heterocycles. The Kier molecular flexibility index (Phi) is 7.64. The Balaban J connectivity index is 1.06. The normalized spacial score (nSPS) is 11.6. The summed E-state index contributed by atoms with van der Waals surface area (Å²) in [4.78, 5) is 15.4. The van der Waals surface area contributed by atoms with Crippen LogP contribution in [0, 0.1) is 0 Å². The quantitative estimate of drug-likeness (QED) is 0.171. The van der Waals surface area contributed by atoms with E-state index in [-0.39, 0.29) is 0 Å². The van der Waals surface area contributed by atoms with Crippen molar-refractivity contribution < 1.29 is 4.42 Å². The van der Waals surface area contributed by atoms with Gasteiger partial charge in [-0.1, -0.05) is 146 Å². The first-order chi connectivity index (χ1) is 27.7. The molecule has 0 unspecified atom stereocenters. The van der Waals surface area contributed by atoms with E-state index in [0.29, 0.717) is 17.5 Å². The lowest BCUT2D eigenvalue weighted by atomic mass is 9.92. The zero-order valence-electron chi connectivity index (χ0n) is 30.1. The first-order valence-corrected chi connectivity index (χ1v) is 19.5. The van der Waals surface area contributed by atoms with E-state index in [1.54, 1.807) is 11.3 Å². The molecule has 262 valence electrons. The lowest BCUT2D eigenvalue weighted by Gasteiger charge is -2.12. The molecule has 0 atom stereocenters. The number of hydrogen-bond acceptors (Lipinski definition) is 5. The van der Waals surface area contributed by atoms with Crippen molar-refractivity contribution in [2.45, 2.75) is 0 Å². The topological polar surface area (TPSA) is 51.8 Å². The summed E-state index contributed by atoms with van der Waals surface area (Å²) in [5, 5.41) is 4.48. The van der Waals surface area contributed by atoms with Crippen LogP contribution in [0.25, 0.3) is 110 Å². The fraction of sp³-hybridized carbons (Fsp3) is 0. The summed E-state index contributed by atoms with van der Waals surface area (Å²) in [5.74, 6) is 1.86. The number of fused-ring (bicyclic) bond motifs is 6. The molecule has 11 aromatic rings. The van der Waals surface area contributed by atoms with Gasteiger partial charge in [0.15, 0.2) is 17.5 Å². The molecule has 0 aliphatic rings. The van der Waals surface area contributed by atoms with Gasteiger partial charge >= 0.3 is 0 Å². The second kappa shape index (κ2) is 13.3. The Hall–Kier alpha value is -7.21. The van der Waals surface area contributed by atoms with Gasteiger partial charge in [0.05, 0.1) is 0 Å². The summed E-state index contributed by atoms with van der Waals surface area (Å²) in [7, 11) is 0. The van der Waals surface area contributed by atoms with E-state index in [4.69, 9.17) is 19.4 Å². The van der Waals surface area contributed by atoms with E-state index < -0.39 is 0 Å². The predicted molar refractivity (Wildman–Crippen MR) is 233 cm³/mol. The van der Waals surface area contributed by atoms with Crippen molar-refractivity contribution in [2.24, 2.45) is 0 Å². The van der Waals surface area contributed by atoms with Crippen molar-refractivity contribution >= 4 is 53.4 Å². The fourth-order valence-corrected chi connectivity index (χ4v) is 8.98. The van der Waals surface area contributed by atoms with Gasteiger partial charge in [-0.25, -0.2) is 15.0 Å². The number of para-hydroxylation sites is 1.